The van der Waals surface area contributed by atoms with Gasteiger partial charge in [0.25, 0.3) is 0 Å². The van der Waals surface area contributed by atoms with Crippen LogP contribution in [-0.2, 0) is 13.0 Å². The summed E-state index contributed by atoms with van der Waals surface area (Å²) in [5, 5.41) is 14.5. The highest BCUT2D eigenvalue weighted by atomic mass is 16.5. The first-order valence-electron chi connectivity index (χ1n) is 6.43. The average molecular weight is 261 g/mol. The number of aliphatic hydroxyl groups is 1. The number of aryl methyl sites for hydroxylation is 1. The minimum atomic E-state index is -0.566. The van der Waals surface area contributed by atoms with Crippen molar-refractivity contribution >= 4 is 0 Å². The summed E-state index contributed by atoms with van der Waals surface area (Å²) in [6.07, 6.45) is 4.39. The summed E-state index contributed by atoms with van der Waals surface area (Å²) in [7, 11) is 1.58. The molecule has 5 nitrogen and oxygen atoms in total. The summed E-state index contributed by atoms with van der Waals surface area (Å²) < 4.78 is 6.86. The molecule has 1 N–H and O–H groups in total. The predicted octanol–water partition coefficient (Wildman–Crippen LogP) is 1.97. The van der Waals surface area contributed by atoms with Gasteiger partial charge in [0.05, 0.1) is 18.9 Å². The fraction of sp³-hybridized carbons (Fsp3) is 0.429. The number of rotatable bonds is 6. The minimum Gasteiger partial charge on any atom is -0.481 e. The third-order valence-corrected chi connectivity index (χ3v) is 2.96. The molecule has 1 unspecified atom stereocenters. The maximum Gasteiger partial charge on any atom is 0.212 e. The van der Waals surface area contributed by atoms with Gasteiger partial charge in [0.2, 0.25) is 5.88 Å². The minimum absolute atomic E-state index is 0.520. The summed E-state index contributed by atoms with van der Waals surface area (Å²) in [5.74, 6) is 0.578. The van der Waals surface area contributed by atoms with E-state index in [2.05, 4.69) is 17.0 Å². The van der Waals surface area contributed by atoms with Gasteiger partial charge in [-0.1, -0.05) is 13.0 Å². The van der Waals surface area contributed by atoms with Crippen molar-refractivity contribution in [2.24, 2.45) is 0 Å². The van der Waals surface area contributed by atoms with E-state index in [1.165, 1.54) is 0 Å². The van der Waals surface area contributed by atoms with Gasteiger partial charge in [-0.25, -0.2) is 4.98 Å². The second-order valence-corrected chi connectivity index (χ2v) is 4.41. The van der Waals surface area contributed by atoms with Crippen molar-refractivity contribution in [1.82, 2.24) is 14.8 Å². The van der Waals surface area contributed by atoms with E-state index in [4.69, 9.17) is 4.74 Å². The molecule has 0 saturated heterocycles. The number of aliphatic hydroxyl groups excluding tert-OH is 1. The van der Waals surface area contributed by atoms with Gasteiger partial charge in [0, 0.05) is 31.4 Å². The van der Waals surface area contributed by atoms with E-state index in [1.54, 1.807) is 25.6 Å². The van der Waals surface area contributed by atoms with Crippen LogP contribution in [0.3, 0.4) is 0 Å². The molecule has 0 radical (unpaired) electrons. The lowest BCUT2D eigenvalue weighted by molar-refractivity contribution is 0.166. The van der Waals surface area contributed by atoms with Crippen molar-refractivity contribution in [3.8, 4) is 5.88 Å². The standard InChI is InChI=1S/C14H19N3O2/c1-3-8-17-12(6-7-16-17)13(18)9-11-4-5-14(19-2)15-10-11/h4-7,10,13,18H,3,8-9H2,1-2H3. The molecule has 0 aliphatic rings. The summed E-state index contributed by atoms with van der Waals surface area (Å²) in [6, 6.07) is 5.57. The van der Waals surface area contributed by atoms with Gasteiger partial charge in [-0.15, -0.1) is 0 Å². The van der Waals surface area contributed by atoms with Crippen LogP contribution in [0.25, 0.3) is 0 Å². The van der Waals surface area contributed by atoms with Gasteiger partial charge in [0.1, 0.15) is 0 Å². The van der Waals surface area contributed by atoms with Crippen molar-refractivity contribution in [3.63, 3.8) is 0 Å². The molecule has 0 aliphatic heterocycles. The zero-order chi connectivity index (χ0) is 13.7. The zero-order valence-corrected chi connectivity index (χ0v) is 11.3. The van der Waals surface area contributed by atoms with Crippen LogP contribution in [0.2, 0.25) is 0 Å². The highest BCUT2D eigenvalue weighted by Gasteiger charge is 2.13. The third kappa shape index (κ3) is 3.32. The van der Waals surface area contributed by atoms with Crippen molar-refractivity contribution in [2.45, 2.75) is 32.4 Å². The van der Waals surface area contributed by atoms with Crippen molar-refractivity contribution in [3.05, 3.63) is 41.9 Å². The Morgan fingerprint density at radius 3 is 2.84 bits per heavy atom. The highest BCUT2D eigenvalue weighted by Crippen LogP contribution is 2.19. The number of methoxy groups -OCH3 is 1. The van der Waals surface area contributed by atoms with Crippen LogP contribution in [0.1, 0.15) is 30.7 Å². The SMILES string of the molecule is CCCn1nccc1C(O)Cc1ccc(OC)nc1. The van der Waals surface area contributed by atoms with Crippen molar-refractivity contribution in [2.75, 3.05) is 7.11 Å². The summed E-state index contributed by atoms with van der Waals surface area (Å²) in [6.45, 7) is 2.91. The monoisotopic (exact) mass is 261 g/mol. The van der Waals surface area contributed by atoms with Crippen LogP contribution in [0.5, 0.6) is 5.88 Å². The molecule has 19 heavy (non-hydrogen) atoms. The first kappa shape index (κ1) is 13.5. The Balaban J connectivity index is 2.06. The molecule has 2 rings (SSSR count). The van der Waals surface area contributed by atoms with E-state index in [9.17, 15) is 5.11 Å². The summed E-state index contributed by atoms with van der Waals surface area (Å²) in [5.41, 5.74) is 1.82. The van der Waals surface area contributed by atoms with E-state index < -0.39 is 6.10 Å². The second-order valence-electron chi connectivity index (χ2n) is 4.41. The Kier molecular flexibility index (Phi) is 4.52. The second kappa shape index (κ2) is 6.33. The van der Waals surface area contributed by atoms with Crippen LogP contribution < -0.4 is 4.74 Å². The number of hydrogen-bond donors (Lipinski definition) is 1. The largest absolute Gasteiger partial charge is 0.481 e. The van der Waals surface area contributed by atoms with Crippen LogP contribution in [0.15, 0.2) is 30.6 Å². The van der Waals surface area contributed by atoms with Crippen LogP contribution in [0, 0.1) is 0 Å². The van der Waals surface area contributed by atoms with E-state index >= 15 is 0 Å². The molecular formula is C14H19N3O2. The molecule has 0 fully saturated rings. The quantitative estimate of drug-likeness (QED) is 0.863. The van der Waals surface area contributed by atoms with E-state index in [-0.39, 0.29) is 0 Å². The van der Waals surface area contributed by atoms with Crippen LogP contribution in [-0.4, -0.2) is 27.0 Å². The Morgan fingerprint density at radius 2 is 2.21 bits per heavy atom. The number of nitrogens with zero attached hydrogens (tertiary/aromatic N) is 3. The van der Waals surface area contributed by atoms with E-state index in [0.29, 0.717) is 12.3 Å². The molecule has 102 valence electrons. The first-order valence-corrected chi connectivity index (χ1v) is 6.43. The molecule has 5 heteroatoms. The number of aromatic nitrogens is 3. The maximum absolute atomic E-state index is 10.3. The fourth-order valence-electron chi connectivity index (χ4n) is 2.00. The molecule has 0 bridgehead atoms. The third-order valence-electron chi connectivity index (χ3n) is 2.96. The first-order chi connectivity index (χ1) is 9.24. The molecule has 0 aromatic carbocycles. The van der Waals surface area contributed by atoms with Gasteiger partial charge in [0.15, 0.2) is 0 Å². The van der Waals surface area contributed by atoms with Gasteiger partial charge in [-0.05, 0) is 18.1 Å². The lowest BCUT2D eigenvalue weighted by Gasteiger charge is -2.13. The number of hydrogen-bond acceptors (Lipinski definition) is 4. The van der Waals surface area contributed by atoms with Crippen molar-refractivity contribution in [1.29, 1.82) is 0 Å². The molecule has 2 aromatic rings. The van der Waals surface area contributed by atoms with E-state index in [1.807, 2.05) is 16.8 Å². The summed E-state index contributed by atoms with van der Waals surface area (Å²) in [4.78, 5) is 4.13. The zero-order valence-electron chi connectivity index (χ0n) is 11.3. The van der Waals surface area contributed by atoms with Gasteiger partial charge < -0.3 is 9.84 Å². The maximum atomic E-state index is 10.3. The molecular weight excluding hydrogens is 242 g/mol. The smallest absolute Gasteiger partial charge is 0.212 e. The molecule has 0 spiro atoms. The fourth-order valence-corrected chi connectivity index (χ4v) is 2.00. The molecule has 0 saturated carbocycles. The molecule has 0 amide bonds. The van der Waals surface area contributed by atoms with Gasteiger partial charge in [-0.2, -0.15) is 5.10 Å². The van der Waals surface area contributed by atoms with Crippen LogP contribution >= 0.6 is 0 Å². The molecule has 1 atom stereocenters. The predicted molar refractivity (Wildman–Crippen MR) is 72.0 cm³/mol. The molecule has 2 heterocycles. The lowest BCUT2D eigenvalue weighted by Crippen LogP contribution is -2.11. The average Bonchev–Trinajstić information content (AvgIpc) is 2.88. The van der Waals surface area contributed by atoms with Crippen LogP contribution in [0.4, 0.5) is 0 Å². The Morgan fingerprint density at radius 1 is 1.37 bits per heavy atom. The Bertz CT molecular complexity index is 508. The normalized spacial score (nSPS) is 12.4. The Labute approximate surface area is 112 Å². The molecule has 2 aromatic heterocycles. The van der Waals surface area contributed by atoms with Crippen molar-refractivity contribution < 1.29 is 9.84 Å². The van der Waals surface area contributed by atoms with Gasteiger partial charge >= 0.3 is 0 Å². The Hall–Kier alpha value is -1.88. The number of ether oxygens (including phenoxy) is 1. The summed E-state index contributed by atoms with van der Waals surface area (Å²) >= 11 is 0. The topological polar surface area (TPSA) is 60.2 Å². The van der Waals surface area contributed by atoms with Gasteiger partial charge in [-0.3, -0.25) is 4.68 Å². The van der Waals surface area contributed by atoms with E-state index in [0.717, 1.165) is 24.2 Å². The lowest BCUT2D eigenvalue weighted by atomic mass is 10.1. The molecule has 0 aliphatic carbocycles. The number of pyridine rings is 1. The highest BCUT2D eigenvalue weighted by molar-refractivity contribution is 5.20.